The van der Waals surface area contributed by atoms with Crippen LogP contribution >= 0.6 is 0 Å². The molecule has 0 spiro atoms. The fraction of sp³-hybridized carbons (Fsp3) is 0.615. The lowest BCUT2D eigenvalue weighted by Gasteiger charge is -2.30. The van der Waals surface area contributed by atoms with Gasteiger partial charge in [-0.15, -0.1) is 0 Å². The molecule has 9 nitrogen and oxygen atoms in total. The van der Waals surface area contributed by atoms with E-state index in [4.69, 9.17) is 14.0 Å². The molecule has 0 radical (unpaired) electrons. The average Bonchev–Trinajstić information content (AvgIpc) is 3.01. The van der Waals surface area contributed by atoms with Gasteiger partial charge in [0.2, 0.25) is 5.88 Å². The lowest BCUT2D eigenvalue weighted by atomic mass is 10.0. The number of amides is 2. The molecule has 1 aromatic heterocycles. The molecule has 9 heteroatoms. The molecule has 1 aromatic rings. The summed E-state index contributed by atoms with van der Waals surface area (Å²) in [5.74, 6) is 0.261. The predicted molar refractivity (Wildman–Crippen MR) is 72.7 cm³/mol. The molecule has 0 aromatic carbocycles. The molecule has 120 valence electrons. The minimum atomic E-state index is -1.01. The zero-order chi connectivity index (χ0) is 15.9. The van der Waals surface area contributed by atoms with Gasteiger partial charge in [0.05, 0.1) is 31.0 Å². The second-order valence-electron chi connectivity index (χ2n) is 5.45. The van der Waals surface area contributed by atoms with Crippen molar-refractivity contribution in [2.45, 2.75) is 32.0 Å². The van der Waals surface area contributed by atoms with Gasteiger partial charge >= 0.3 is 12.2 Å². The van der Waals surface area contributed by atoms with Gasteiger partial charge in [-0.25, -0.2) is 14.5 Å². The van der Waals surface area contributed by atoms with Crippen LogP contribution in [-0.2, 0) is 22.4 Å². The predicted octanol–water partition coefficient (Wildman–Crippen LogP) is 1.07. The van der Waals surface area contributed by atoms with Crippen molar-refractivity contribution >= 4 is 18.1 Å². The molecule has 3 heterocycles. The van der Waals surface area contributed by atoms with Crippen molar-refractivity contribution in [3.8, 4) is 0 Å². The number of carbonyl (C=O) groups excluding carboxylic acids is 1. The van der Waals surface area contributed by atoms with E-state index in [1.54, 1.807) is 0 Å². The third kappa shape index (κ3) is 2.37. The summed E-state index contributed by atoms with van der Waals surface area (Å²) in [6.07, 6.45) is -1.47. The number of hydrogen-bond donors (Lipinski definition) is 1. The molecule has 2 atom stereocenters. The monoisotopic (exact) mass is 311 g/mol. The van der Waals surface area contributed by atoms with Gasteiger partial charge in [-0.05, 0) is 6.92 Å². The third-order valence-electron chi connectivity index (χ3n) is 3.92. The molecule has 3 rings (SSSR count). The first-order chi connectivity index (χ1) is 10.5. The topological polar surface area (TPSA) is 105 Å². The Morgan fingerprint density at radius 2 is 2.32 bits per heavy atom. The highest BCUT2D eigenvalue weighted by atomic mass is 16.6. The number of anilines is 1. The number of hydrogen-bond acceptors (Lipinski definition) is 6. The van der Waals surface area contributed by atoms with E-state index in [-0.39, 0.29) is 37.7 Å². The van der Waals surface area contributed by atoms with E-state index in [0.717, 1.165) is 0 Å². The van der Waals surface area contributed by atoms with Crippen molar-refractivity contribution in [2.75, 3.05) is 25.2 Å². The Balaban J connectivity index is 1.86. The largest absolute Gasteiger partial charge is 0.465 e. The highest BCUT2D eigenvalue weighted by Gasteiger charge is 2.39. The van der Waals surface area contributed by atoms with Gasteiger partial charge in [0.25, 0.3) is 0 Å². The standard InChI is InChI=1S/C13H17N3O6/c1-7-3-10-9(5-15(7)12(17)18)11(22-14-10)16-4-8(6-20-2)21-13(16)19/h7-8H,3-6H2,1-2H3,(H,17,18)/t7-,8-/m0/s1. The minimum Gasteiger partial charge on any atom is -0.465 e. The van der Waals surface area contributed by atoms with E-state index in [2.05, 4.69) is 5.16 Å². The normalized spacial score (nSPS) is 24.4. The molecule has 1 N–H and O–H groups in total. The Kier molecular flexibility index (Phi) is 3.65. The summed E-state index contributed by atoms with van der Waals surface area (Å²) in [4.78, 5) is 25.9. The van der Waals surface area contributed by atoms with Crippen LogP contribution in [0.4, 0.5) is 15.5 Å². The number of fused-ring (bicyclic) bond motifs is 1. The summed E-state index contributed by atoms with van der Waals surface area (Å²) in [5, 5.41) is 13.2. The fourth-order valence-corrected chi connectivity index (χ4v) is 2.80. The van der Waals surface area contributed by atoms with Gasteiger partial charge < -0.3 is 24.0 Å². The Bertz CT molecular complexity index is 601. The van der Waals surface area contributed by atoms with Crippen molar-refractivity contribution in [3.05, 3.63) is 11.3 Å². The molecular weight excluding hydrogens is 294 g/mol. The highest BCUT2D eigenvalue weighted by Crippen LogP contribution is 2.33. The molecule has 0 aliphatic carbocycles. The van der Waals surface area contributed by atoms with Crippen molar-refractivity contribution in [1.29, 1.82) is 0 Å². The van der Waals surface area contributed by atoms with E-state index >= 15 is 0 Å². The van der Waals surface area contributed by atoms with Crippen LogP contribution in [0.1, 0.15) is 18.2 Å². The van der Waals surface area contributed by atoms with Crippen molar-refractivity contribution < 1.29 is 28.7 Å². The van der Waals surface area contributed by atoms with Gasteiger partial charge in [0.1, 0.15) is 6.10 Å². The summed E-state index contributed by atoms with van der Waals surface area (Å²) in [7, 11) is 1.53. The number of carbonyl (C=O) groups is 2. The minimum absolute atomic E-state index is 0.142. The van der Waals surface area contributed by atoms with E-state index in [1.165, 1.54) is 16.9 Å². The maximum absolute atomic E-state index is 12.0. The average molecular weight is 311 g/mol. The summed E-state index contributed by atoms with van der Waals surface area (Å²) in [6.45, 7) is 2.53. The molecule has 0 saturated carbocycles. The zero-order valence-corrected chi connectivity index (χ0v) is 12.3. The third-order valence-corrected chi connectivity index (χ3v) is 3.92. The van der Waals surface area contributed by atoms with Crippen LogP contribution in [0.5, 0.6) is 0 Å². The Labute approximate surface area is 126 Å². The van der Waals surface area contributed by atoms with Gasteiger partial charge in [-0.1, -0.05) is 5.16 Å². The lowest BCUT2D eigenvalue weighted by molar-refractivity contribution is 0.0718. The van der Waals surface area contributed by atoms with E-state index < -0.39 is 12.2 Å². The summed E-state index contributed by atoms with van der Waals surface area (Å²) in [6, 6.07) is -0.185. The van der Waals surface area contributed by atoms with E-state index in [1.807, 2.05) is 6.92 Å². The number of rotatable bonds is 3. The fourth-order valence-electron chi connectivity index (χ4n) is 2.80. The summed E-state index contributed by atoms with van der Waals surface area (Å²) >= 11 is 0. The number of cyclic esters (lactones) is 1. The second kappa shape index (κ2) is 5.48. The maximum Gasteiger partial charge on any atom is 0.417 e. The quantitative estimate of drug-likeness (QED) is 0.890. The lowest BCUT2D eigenvalue weighted by Crippen LogP contribution is -2.42. The Hall–Kier alpha value is -2.29. The number of ether oxygens (including phenoxy) is 2. The molecular formula is C13H17N3O6. The SMILES string of the molecule is COC[C@@H]1CN(c2onc3c2CN(C(=O)O)[C@@H](C)C3)C(=O)O1. The van der Waals surface area contributed by atoms with Crippen LogP contribution in [0.15, 0.2) is 4.52 Å². The number of carboxylic acid groups (broad SMARTS) is 1. The van der Waals surface area contributed by atoms with Gasteiger partial charge in [0, 0.05) is 19.6 Å². The van der Waals surface area contributed by atoms with Crippen LogP contribution in [0.3, 0.4) is 0 Å². The van der Waals surface area contributed by atoms with Crippen LogP contribution in [0.2, 0.25) is 0 Å². The first-order valence-electron chi connectivity index (χ1n) is 6.95. The molecule has 1 saturated heterocycles. The van der Waals surface area contributed by atoms with Gasteiger partial charge in [-0.3, -0.25) is 0 Å². The van der Waals surface area contributed by atoms with Crippen molar-refractivity contribution in [2.24, 2.45) is 0 Å². The van der Waals surface area contributed by atoms with Crippen LogP contribution in [0, 0.1) is 0 Å². The molecule has 2 amide bonds. The first-order valence-corrected chi connectivity index (χ1v) is 6.95. The van der Waals surface area contributed by atoms with Crippen LogP contribution in [-0.4, -0.2) is 59.8 Å². The van der Waals surface area contributed by atoms with Crippen LogP contribution < -0.4 is 4.90 Å². The van der Waals surface area contributed by atoms with E-state index in [0.29, 0.717) is 17.7 Å². The summed E-state index contributed by atoms with van der Waals surface area (Å²) < 4.78 is 15.4. The molecule has 0 unspecified atom stereocenters. The van der Waals surface area contributed by atoms with E-state index in [9.17, 15) is 14.7 Å². The van der Waals surface area contributed by atoms with Crippen molar-refractivity contribution in [3.63, 3.8) is 0 Å². The molecule has 22 heavy (non-hydrogen) atoms. The first kappa shape index (κ1) is 14.6. The zero-order valence-electron chi connectivity index (χ0n) is 12.3. The van der Waals surface area contributed by atoms with Gasteiger partial charge in [0.15, 0.2) is 0 Å². The Morgan fingerprint density at radius 3 is 3.00 bits per heavy atom. The Morgan fingerprint density at radius 1 is 1.55 bits per heavy atom. The maximum atomic E-state index is 12.0. The number of methoxy groups -OCH3 is 1. The number of nitrogens with zero attached hydrogens (tertiary/aromatic N) is 3. The molecule has 2 aliphatic heterocycles. The highest BCUT2D eigenvalue weighted by molar-refractivity contribution is 5.89. The molecule has 1 fully saturated rings. The summed E-state index contributed by atoms with van der Waals surface area (Å²) in [5.41, 5.74) is 1.30. The van der Waals surface area contributed by atoms with Gasteiger partial charge in [-0.2, -0.15) is 0 Å². The van der Waals surface area contributed by atoms with Crippen LogP contribution in [0.25, 0.3) is 0 Å². The smallest absolute Gasteiger partial charge is 0.417 e. The van der Waals surface area contributed by atoms with Crippen molar-refractivity contribution in [1.82, 2.24) is 10.1 Å². The second-order valence-corrected chi connectivity index (χ2v) is 5.45. The molecule has 0 bridgehead atoms. The molecule has 2 aliphatic rings. The number of aromatic nitrogens is 1.